The third-order valence-electron chi connectivity index (χ3n) is 7.15. The number of likely N-dealkylation sites (tertiary alicyclic amines) is 1. The number of carbonyl (C=O) groups excluding carboxylic acids is 2. The summed E-state index contributed by atoms with van der Waals surface area (Å²) in [6.07, 6.45) is -0.0745. The van der Waals surface area contributed by atoms with Crippen molar-refractivity contribution in [2.45, 2.75) is 78.1 Å². The Bertz CT molecular complexity index is 993. The van der Waals surface area contributed by atoms with Crippen molar-refractivity contribution in [1.82, 2.24) is 4.90 Å². The van der Waals surface area contributed by atoms with Gasteiger partial charge < -0.3 is 14.3 Å². The lowest BCUT2D eigenvalue weighted by Crippen LogP contribution is -2.33. The Labute approximate surface area is 224 Å². The fourth-order valence-corrected chi connectivity index (χ4v) is 4.90. The number of alkyl halides is 3. The van der Waals surface area contributed by atoms with Crippen LogP contribution in [0.15, 0.2) is 30.3 Å². The quantitative estimate of drug-likeness (QED) is 0.349. The van der Waals surface area contributed by atoms with Gasteiger partial charge >= 0.3 is 6.18 Å². The molecule has 1 heterocycles. The maximum absolute atomic E-state index is 12.9. The summed E-state index contributed by atoms with van der Waals surface area (Å²) in [5.41, 5.74) is 1.58. The molecule has 212 valence electrons. The van der Waals surface area contributed by atoms with E-state index in [1.54, 1.807) is 13.2 Å². The first-order chi connectivity index (χ1) is 18.3. The number of benzene rings is 2. The molecule has 4 rings (SSSR count). The number of hydrogen-bond donors (Lipinski definition) is 0. The molecule has 8 heteroatoms. The van der Waals surface area contributed by atoms with Gasteiger partial charge in [-0.25, -0.2) is 0 Å². The van der Waals surface area contributed by atoms with Crippen molar-refractivity contribution in [3.8, 4) is 5.75 Å². The molecule has 2 aromatic rings. The average molecular weight is 538 g/mol. The molecule has 0 radical (unpaired) electrons. The minimum atomic E-state index is -4.15. The number of carbonyl (C=O) groups is 2. The van der Waals surface area contributed by atoms with E-state index in [1.807, 2.05) is 39.0 Å². The Kier molecular flexibility index (Phi) is 13.2. The third kappa shape index (κ3) is 9.09. The van der Waals surface area contributed by atoms with Crippen LogP contribution >= 0.6 is 0 Å². The highest BCUT2D eigenvalue weighted by Gasteiger charge is 2.41. The van der Waals surface area contributed by atoms with Gasteiger partial charge in [0.05, 0.1) is 17.6 Å². The maximum atomic E-state index is 12.9. The minimum absolute atomic E-state index is 0.0611. The molecule has 0 bridgehead atoms. The van der Waals surface area contributed by atoms with E-state index < -0.39 is 12.1 Å². The predicted molar refractivity (Wildman–Crippen MR) is 145 cm³/mol. The van der Waals surface area contributed by atoms with Gasteiger partial charge in [-0.15, -0.1) is 0 Å². The number of aldehydes is 2. The molecule has 0 amide bonds. The SMILES string of the molecule is CC.CCOC.O=Cc1c(OC2CCC(C(F)(F)F)CC2)ccc2cc(CN3CCC(C=O)CC3)ccc12. The highest BCUT2D eigenvalue weighted by Crippen LogP contribution is 2.39. The highest BCUT2D eigenvalue weighted by molar-refractivity contribution is 6.01. The van der Waals surface area contributed by atoms with E-state index in [0.717, 1.165) is 68.0 Å². The van der Waals surface area contributed by atoms with Crippen LogP contribution in [0.4, 0.5) is 13.2 Å². The van der Waals surface area contributed by atoms with Gasteiger partial charge in [0.15, 0.2) is 6.29 Å². The molecular weight excluding hydrogens is 495 g/mol. The summed E-state index contributed by atoms with van der Waals surface area (Å²) in [5.74, 6) is -0.654. The van der Waals surface area contributed by atoms with E-state index in [-0.39, 0.29) is 24.9 Å². The van der Waals surface area contributed by atoms with Gasteiger partial charge in [-0.3, -0.25) is 9.69 Å². The first kappa shape index (κ1) is 31.8. The fraction of sp³-hybridized carbons (Fsp3) is 0.600. The Morgan fingerprint density at radius 1 is 0.974 bits per heavy atom. The number of rotatable bonds is 7. The van der Waals surface area contributed by atoms with E-state index in [2.05, 4.69) is 15.7 Å². The van der Waals surface area contributed by atoms with Crippen LogP contribution in [-0.4, -0.2) is 56.6 Å². The average Bonchev–Trinajstić information content (AvgIpc) is 2.94. The molecule has 2 fully saturated rings. The summed E-state index contributed by atoms with van der Waals surface area (Å²) in [6, 6.07) is 9.63. The van der Waals surface area contributed by atoms with E-state index in [4.69, 9.17) is 4.74 Å². The summed E-state index contributed by atoms with van der Waals surface area (Å²) >= 11 is 0. The lowest BCUT2D eigenvalue weighted by molar-refractivity contribution is -0.185. The molecular formula is C30H42F3NO4. The standard InChI is InChI=1S/C25H28F3NO3.C3H8O.C2H6/c26-25(27,28)20-3-5-21(6-4-20)32-24-8-2-19-13-18(1-7-22(19)23(24)16-31)14-29-11-9-17(15-30)10-12-29;1-3-4-2;1-2/h1-2,7-8,13,15-17,20-21H,3-6,9-12,14H2;3H2,1-2H3;1-2H3. The second kappa shape index (κ2) is 15.8. The summed E-state index contributed by atoms with van der Waals surface area (Å²) < 4.78 is 49.2. The van der Waals surface area contributed by atoms with Crippen molar-refractivity contribution in [3.05, 3.63) is 41.5 Å². The van der Waals surface area contributed by atoms with E-state index in [0.29, 0.717) is 24.2 Å². The minimum Gasteiger partial charge on any atom is -0.490 e. The molecule has 5 nitrogen and oxygen atoms in total. The van der Waals surface area contributed by atoms with Crippen LogP contribution in [0.5, 0.6) is 5.75 Å². The number of methoxy groups -OCH3 is 1. The number of hydrogen-bond acceptors (Lipinski definition) is 5. The molecule has 0 N–H and O–H groups in total. The second-order valence-corrected chi connectivity index (χ2v) is 9.61. The summed E-state index contributed by atoms with van der Waals surface area (Å²) in [6.45, 7) is 9.35. The Morgan fingerprint density at radius 3 is 2.13 bits per heavy atom. The molecule has 1 saturated heterocycles. The number of ether oxygens (including phenoxy) is 2. The monoisotopic (exact) mass is 537 g/mol. The normalized spacial score (nSPS) is 20.5. The zero-order valence-corrected chi connectivity index (χ0v) is 23.1. The summed E-state index contributed by atoms with van der Waals surface area (Å²) in [7, 11) is 1.68. The third-order valence-corrected chi connectivity index (χ3v) is 7.15. The Hall–Kier alpha value is -2.45. The molecule has 1 aliphatic carbocycles. The molecule has 0 spiro atoms. The van der Waals surface area contributed by atoms with Crippen LogP contribution in [0.2, 0.25) is 0 Å². The van der Waals surface area contributed by atoms with Crippen LogP contribution in [0.25, 0.3) is 10.8 Å². The maximum Gasteiger partial charge on any atom is 0.391 e. The zero-order chi connectivity index (χ0) is 28.1. The smallest absolute Gasteiger partial charge is 0.391 e. The first-order valence-corrected chi connectivity index (χ1v) is 13.7. The van der Waals surface area contributed by atoms with Gasteiger partial charge in [0.25, 0.3) is 0 Å². The fourth-order valence-electron chi connectivity index (χ4n) is 4.90. The van der Waals surface area contributed by atoms with Crippen LogP contribution in [0, 0.1) is 11.8 Å². The van der Waals surface area contributed by atoms with Crippen LogP contribution in [-0.2, 0) is 16.1 Å². The molecule has 0 aromatic heterocycles. The van der Waals surface area contributed by atoms with Crippen LogP contribution in [0.1, 0.15) is 75.2 Å². The van der Waals surface area contributed by atoms with Gasteiger partial charge in [-0.05, 0) is 87.0 Å². The second-order valence-electron chi connectivity index (χ2n) is 9.61. The van der Waals surface area contributed by atoms with Gasteiger partial charge in [0.2, 0.25) is 0 Å². The van der Waals surface area contributed by atoms with Crippen LogP contribution < -0.4 is 4.74 Å². The molecule has 2 aliphatic rings. The number of fused-ring (bicyclic) bond motifs is 1. The van der Waals surface area contributed by atoms with Crippen molar-refractivity contribution in [2.75, 3.05) is 26.8 Å². The predicted octanol–water partition coefficient (Wildman–Crippen LogP) is 7.24. The Morgan fingerprint density at radius 2 is 1.61 bits per heavy atom. The largest absolute Gasteiger partial charge is 0.490 e. The lowest BCUT2D eigenvalue weighted by Gasteiger charge is -2.30. The number of nitrogens with zero attached hydrogens (tertiary/aromatic N) is 1. The van der Waals surface area contributed by atoms with Gasteiger partial charge in [-0.2, -0.15) is 13.2 Å². The van der Waals surface area contributed by atoms with Gasteiger partial charge in [-0.1, -0.05) is 32.0 Å². The lowest BCUT2D eigenvalue weighted by atomic mass is 9.87. The number of piperidine rings is 1. The van der Waals surface area contributed by atoms with E-state index >= 15 is 0 Å². The molecule has 0 unspecified atom stereocenters. The molecule has 1 saturated carbocycles. The molecule has 2 aromatic carbocycles. The molecule has 1 aliphatic heterocycles. The molecule has 38 heavy (non-hydrogen) atoms. The van der Waals surface area contributed by atoms with Crippen molar-refractivity contribution in [2.24, 2.45) is 11.8 Å². The first-order valence-electron chi connectivity index (χ1n) is 13.7. The van der Waals surface area contributed by atoms with Gasteiger partial charge in [0.1, 0.15) is 12.0 Å². The Balaban J connectivity index is 0.000000773. The van der Waals surface area contributed by atoms with E-state index in [1.165, 1.54) is 0 Å². The van der Waals surface area contributed by atoms with Crippen molar-refractivity contribution >= 4 is 23.3 Å². The van der Waals surface area contributed by atoms with Crippen molar-refractivity contribution in [1.29, 1.82) is 0 Å². The van der Waals surface area contributed by atoms with Crippen molar-refractivity contribution < 1.29 is 32.2 Å². The highest BCUT2D eigenvalue weighted by atomic mass is 19.4. The zero-order valence-electron chi connectivity index (χ0n) is 23.1. The number of halogens is 3. The van der Waals surface area contributed by atoms with Gasteiger partial charge in [0, 0.05) is 26.2 Å². The van der Waals surface area contributed by atoms with Crippen molar-refractivity contribution in [3.63, 3.8) is 0 Å². The topological polar surface area (TPSA) is 55.8 Å². The summed E-state index contributed by atoms with van der Waals surface area (Å²) in [5, 5.41) is 1.71. The summed E-state index contributed by atoms with van der Waals surface area (Å²) in [4.78, 5) is 25.1. The van der Waals surface area contributed by atoms with Crippen LogP contribution in [0.3, 0.4) is 0 Å². The van der Waals surface area contributed by atoms with E-state index in [9.17, 15) is 22.8 Å². The molecule has 0 atom stereocenters.